The summed E-state index contributed by atoms with van der Waals surface area (Å²) in [6.07, 6.45) is -4.69. The van der Waals surface area contributed by atoms with Crippen LogP contribution in [0.1, 0.15) is 6.23 Å². The monoisotopic (exact) mass is 376 g/mol. The zero-order valence-electron chi connectivity index (χ0n) is 8.92. The van der Waals surface area contributed by atoms with E-state index in [9.17, 15) is 19.1 Å². The highest BCUT2D eigenvalue weighted by molar-refractivity contribution is 14.1. The van der Waals surface area contributed by atoms with E-state index in [0.717, 1.165) is 10.8 Å². The summed E-state index contributed by atoms with van der Waals surface area (Å²) in [6.45, 7) is -0.562. The van der Waals surface area contributed by atoms with Gasteiger partial charge in [-0.05, 0) is 22.6 Å². The molecule has 4 atom stereocenters. The predicted molar refractivity (Wildman–Crippen MR) is 65.9 cm³/mol. The van der Waals surface area contributed by atoms with Gasteiger partial charge in [-0.1, -0.05) is 0 Å². The van der Waals surface area contributed by atoms with Gasteiger partial charge in [0.15, 0.2) is 12.4 Å². The second-order valence-electron chi connectivity index (χ2n) is 3.83. The molecule has 0 spiro atoms. The largest absolute Gasteiger partial charge is 0.394 e. The Labute approximate surface area is 113 Å². The van der Waals surface area contributed by atoms with Crippen molar-refractivity contribution in [1.82, 2.24) is 9.55 Å². The third-order valence-electron chi connectivity index (χ3n) is 2.67. The molecule has 0 bridgehead atoms. The van der Waals surface area contributed by atoms with Crippen molar-refractivity contribution in [3.8, 4) is 0 Å². The fraction of sp³-hybridized carbons (Fsp3) is 0.556. The molecule has 0 saturated carbocycles. The van der Waals surface area contributed by atoms with E-state index in [1.165, 1.54) is 0 Å². The van der Waals surface area contributed by atoms with Gasteiger partial charge >= 0.3 is 5.69 Å². The first-order valence-corrected chi connectivity index (χ1v) is 6.13. The van der Waals surface area contributed by atoms with Gasteiger partial charge in [0.05, 0.1) is 10.2 Å². The Kier molecular flexibility index (Phi) is 3.84. The standard InChI is InChI=1S/C9H10FIN2O5/c10-5-6(15)4(2-14)18-8(5)13-1-3(11)7(16)12-9(13)17/h1,4-6,8,14-15H,2H2,(H,12,16,17)/t4-,5-,6-,8-/m1/s1/i11+4. The molecule has 1 aromatic heterocycles. The Balaban J connectivity index is 2.42. The Hall–Kier alpha value is -0.780. The second-order valence-corrected chi connectivity index (χ2v) is 4.99. The third kappa shape index (κ3) is 2.22. The van der Waals surface area contributed by atoms with E-state index in [4.69, 9.17) is 9.84 Å². The number of halogens is 2. The normalized spacial score (nSPS) is 31.8. The number of hydrogen-bond acceptors (Lipinski definition) is 5. The first-order chi connectivity index (χ1) is 8.45. The summed E-state index contributed by atoms with van der Waals surface area (Å²) in [6, 6.07) is 0. The molecule has 3 N–H and O–H groups in total. The quantitative estimate of drug-likeness (QED) is 0.559. The molecular weight excluding hydrogens is 366 g/mol. The van der Waals surface area contributed by atoms with Gasteiger partial charge in [0.25, 0.3) is 5.56 Å². The Morgan fingerprint density at radius 2 is 2.22 bits per heavy atom. The third-order valence-corrected chi connectivity index (χ3v) is 3.44. The molecule has 1 saturated heterocycles. The molecule has 100 valence electrons. The fourth-order valence-electron chi connectivity index (χ4n) is 1.73. The number of ether oxygens (including phenoxy) is 1. The van der Waals surface area contributed by atoms with Crippen LogP contribution in [0.2, 0.25) is 0 Å². The summed E-state index contributed by atoms with van der Waals surface area (Å²) >= 11 is 1.69. The van der Waals surface area contributed by atoms with E-state index in [-0.39, 0.29) is 3.57 Å². The van der Waals surface area contributed by atoms with E-state index in [0.29, 0.717) is 0 Å². The van der Waals surface area contributed by atoms with Crippen molar-refractivity contribution in [2.75, 3.05) is 6.61 Å². The van der Waals surface area contributed by atoms with Crippen molar-refractivity contribution in [2.45, 2.75) is 24.6 Å². The minimum Gasteiger partial charge on any atom is -0.394 e. The van der Waals surface area contributed by atoms with Crippen LogP contribution >= 0.6 is 22.6 Å². The van der Waals surface area contributed by atoms with E-state index in [2.05, 4.69) is 0 Å². The Bertz CT molecular complexity index is 559. The molecule has 0 aromatic carbocycles. The maximum absolute atomic E-state index is 13.8. The molecule has 2 rings (SSSR count). The summed E-state index contributed by atoms with van der Waals surface area (Å²) < 4.78 is 19.9. The molecule has 2 heterocycles. The highest BCUT2D eigenvalue weighted by Gasteiger charge is 2.45. The summed E-state index contributed by atoms with van der Waals surface area (Å²) in [5.41, 5.74) is -1.41. The second kappa shape index (κ2) is 5.07. The van der Waals surface area contributed by atoms with Crippen LogP contribution in [0.25, 0.3) is 0 Å². The topological polar surface area (TPSA) is 105 Å². The maximum Gasteiger partial charge on any atom is 0.330 e. The number of alkyl halides is 1. The van der Waals surface area contributed by atoms with Crippen LogP contribution in [0, 0.1) is 3.57 Å². The highest BCUT2D eigenvalue weighted by atomic mass is 131. The molecule has 0 radical (unpaired) electrons. The fourth-order valence-corrected chi connectivity index (χ4v) is 2.16. The van der Waals surface area contributed by atoms with Crippen LogP contribution in [-0.2, 0) is 4.74 Å². The molecule has 0 aliphatic carbocycles. The average molecular weight is 376 g/mol. The van der Waals surface area contributed by atoms with Gasteiger partial charge in [-0.25, -0.2) is 9.18 Å². The van der Waals surface area contributed by atoms with E-state index in [1.807, 2.05) is 4.98 Å². The van der Waals surface area contributed by atoms with Gasteiger partial charge in [0.2, 0.25) is 0 Å². The molecule has 7 nitrogen and oxygen atoms in total. The van der Waals surface area contributed by atoms with Crippen LogP contribution in [0.4, 0.5) is 4.39 Å². The number of aliphatic hydroxyl groups is 2. The molecule has 1 aliphatic rings. The number of aliphatic hydroxyl groups excluding tert-OH is 2. The Morgan fingerprint density at radius 3 is 2.78 bits per heavy atom. The van der Waals surface area contributed by atoms with Gasteiger partial charge in [0.1, 0.15) is 12.2 Å². The number of hydrogen-bond donors (Lipinski definition) is 3. The summed E-state index contributed by atoms with van der Waals surface area (Å²) in [5, 5.41) is 18.3. The molecule has 1 aliphatic heterocycles. The van der Waals surface area contributed by atoms with Gasteiger partial charge in [0, 0.05) is 6.20 Å². The molecule has 18 heavy (non-hydrogen) atoms. The number of rotatable bonds is 2. The van der Waals surface area contributed by atoms with Crippen LogP contribution in [0.15, 0.2) is 15.8 Å². The van der Waals surface area contributed by atoms with Crippen molar-refractivity contribution in [3.05, 3.63) is 30.6 Å². The average Bonchev–Trinajstić information content (AvgIpc) is 2.61. The summed E-state index contributed by atoms with van der Waals surface area (Å²) in [4.78, 5) is 24.7. The van der Waals surface area contributed by atoms with Crippen molar-refractivity contribution >= 4 is 22.6 Å². The Morgan fingerprint density at radius 1 is 1.56 bits per heavy atom. The van der Waals surface area contributed by atoms with Gasteiger partial charge < -0.3 is 14.9 Å². The smallest absolute Gasteiger partial charge is 0.330 e. The minimum atomic E-state index is -1.86. The van der Waals surface area contributed by atoms with Crippen molar-refractivity contribution in [1.29, 1.82) is 0 Å². The lowest BCUT2D eigenvalue weighted by atomic mass is 10.1. The zero-order valence-corrected chi connectivity index (χ0v) is 11.1. The lowest BCUT2D eigenvalue weighted by molar-refractivity contribution is -0.0492. The van der Waals surface area contributed by atoms with Crippen LogP contribution in [0.3, 0.4) is 0 Å². The lowest BCUT2D eigenvalue weighted by Crippen LogP contribution is -2.37. The van der Waals surface area contributed by atoms with Gasteiger partial charge in [-0.2, -0.15) is 0 Å². The zero-order chi connectivity index (χ0) is 13.4. The molecule has 9 heteroatoms. The van der Waals surface area contributed by atoms with Gasteiger partial charge in [-0.15, -0.1) is 0 Å². The van der Waals surface area contributed by atoms with Crippen molar-refractivity contribution < 1.29 is 19.3 Å². The molecule has 1 aromatic rings. The first-order valence-electron chi connectivity index (χ1n) is 5.05. The first kappa shape index (κ1) is 13.6. The number of nitrogens with zero attached hydrogens (tertiary/aromatic N) is 1. The van der Waals surface area contributed by atoms with E-state index in [1.54, 1.807) is 22.6 Å². The van der Waals surface area contributed by atoms with Gasteiger partial charge in [-0.3, -0.25) is 14.3 Å². The van der Waals surface area contributed by atoms with Crippen LogP contribution < -0.4 is 11.2 Å². The van der Waals surface area contributed by atoms with E-state index >= 15 is 0 Å². The minimum absolute atomic E-state index is 0.185. The van der Waals surface area contributed by atoms with Crippen LogP contribution in [-0.4, -0.2) is 44.8 Å². The summed E-state index contributed by atoms with van der Waals surface area (Å²) in [7, 11) is 0. The number of H-pyrrole nitrogens is 1. The number of aromatic amines is 1. The van der Waals surface area contributed by atoms with Crippen LogP contribution in [0.5, 0.6) is 0 Å². The molecular formula is C9H10FIN2O5. The van der Waals surface area contributed by atoms with E-state index < -0.39 is 42.5 Å². The lowest BCUT2D eigenvalue weighted by Gasteiger charge is -2.15. The van der Waals surface area contributed by atoms with Crippen molar-refractivity contribution in [3.63, 3.8) is 0 Å². The van der Waals surface area contributed by atoms with Crippen molar-refractivity contribution in [2.24, 2.45) is 0 Å². The summed E-state index contributed by atoms with van der Waals surface area (Å²) in [5.74, 6) is 0. The molecule has 0 unspecified atom stereocenters. The highest BCUT2D eigenvalue weighted by Crippen LogP contribution is 2.30. The number of nitrogens with one attached hydrogen (secondary N) is 1. The SMILES string of the molecule is O=c1[nH]c(=O)n([C@@H]2O[C@H](CO)[C@@H](O)[C@H]2F)cc1[131I]. The molecule has 1 fully saturated rings. The molecule has 0 amide bonds. The number of aromatic nitrogens is 2. The maximum atomic E-state index is 13.8. The predicted octanol–water partition coefficient (Wildman–Crippen LogP) is -1.27.